The number of aromatic nitrogens is 1. The van der Waals surface area contributed by atoms with Gasteiger partial charge >= 0.3 is 0 Å². The number of hydrogen-bond acceptors (Lipinski definition) is 2. The number of rotatable bonds is 8. The van der Waals surface area contributed by atoms with Crippen LogP contribution in [-0.2, 0) is 0 Å². The van der Waals surface area contributed by atoms with Gasteiger partial charge in [0.2, 0.25) is 0 Å². The molecule has 12 aromatic rings. The molecule has 10 aromatic carbocycles. The van der Waals surface area contributed by atoms with Crippen molar-refractivity contribution in [2.24, 2.45) is 0 Å². The van der Waals surface area contributed by atoms with Crippen molar-refractivity contribution in [2.75, 3.05) is 4.90 Å². The molecule has 3 heteroatoms. The third-order valence-electron chi connectivity index (χ3n) is 12.4. The monoisotopic (exact) mass is 804 g/mol. The van der Waals surface area contributed by atoms with Gasteiger partial charge in [-0.05, 0) is 88.5 Å². The van der Waals surface area contributed by atoms with Crippen LogP contribution in [0.15, 0.2) is 247 Å². The van der Waals surface area contributed by atoms with Crippen LogP contribution in [0.3, 0.4) is 0 Å². The van der Waals surface area contributed by atoms with E-state index in [-0.39, 0.29) is 0 Å². The van der Waals surface area contributed by atoms with E-state index in [0.29, 0.717) is 0 Å². The first-order chi connectivity index (χ1) is 31.3. The quantitative estimate of drug-likeness (QED) is 0.153. The highest BCUT2D eigenvalue weighted by Gasteiger charge is 2.20. The van der Waals surface area contributed by atoms with Gasteiger partial charge in [-0.2, -0.15) is 0 Å². The zero-order chi connectivity index (χ0) is 41.7. The fourth-order valence-corrected chi connectivity index (χ4v) is 9.51. The molecular weight excluding hydrogens is 765 g/mol. The van der Waals surface area contributed by atoms with E-state index in [0.717, 1.165) is 78.1 Å². The third-order valence-corrected chi connectivity index (χ3v) is 12.4. The second-order valence-corrected chi connectivity index (χ2v) is 16.1. The van der Waals surface area contributed by atoms with E-state index in [4.69, 9.17) is 4.42 Å². The van der Waals surface area contributed by atoms with Crippen molar-refractivity contribution < 1.29 is 4.42 Å². The van der Waals surface area contributed by atoms with Crippen LogP contribution < -0.4 is 4.90 Å². The summed E-state index contributed by atoms with van der Waals surface area (Å²) in [6.45, 7) is 0. The molecular formula is C60H40N2O. The van der Waals surface area contributed by atoms with Crippen molar-refractivity contribution in [3.8, 4) is 50.2 Å². The van der Waals surface area contributed by atoms with Crippen molar-refractivity contribution in [3.05, 3.63) is 243 Å². The van der Waals surface area contributed by atoms with Crippen LogP contribution in [0.2, 0.25) is 0 Å². The number of furan rings is 1. The minimum absolute atomic E-state index is 0.896. The number of hydrogen-bond donors (Lipinski definition) is 0. The molecule has 0 atom stereocenters. The lowest BCUT2D eigenvalue weighted by atomic mass is 9.97. The average molecular weight is 805 g/mol. The van der Waals surface area contributed by atoms with Crippen molar-refractivity contribution in [2.45, 2.75) is 0 Å². The molecule has 2 heterocycles. The first-order valence-electron chi connectivity index (χ1n) is 21.5. The molecule has 0 fully saturated rings. The van der Waals surface area contributed by atoms with Gasteiger partial charge in [-0.1, -0.05) is 182 Å². The van der Waals surface area contributed by atoms with Gasteiger partial charge in [0, 0.05) is 49.6 Å². The number of fused-ring (bicyclic) bond motifs is 6. The molecule has 0 saturated heterocycles. The second-order valence-electron chi connectivity index (χ2n) is 16.1. The van der Waals surface area contributed by atoms with Gasteiger partial charge < -0.3 is 13.9 Å². The van der Waals surface area contributed by atoms with Gasteiger partial charge in [-0.3, -0.25) is 0 Å². The first kappa shape index (κ1) is 36.5. The van der Waals surface area contributed by atoms with Crippen LogP contribution in [0.4, 0.5) is 17.1 Å². The van der Waals surface area contributed by atoms with Gasteiger partial charge in [0.05, 0.1) is 22.4 Å². The SMILES string of the molecule is c1ccc(-c2ccccc2N(c2ccc(-c3cccc(-c4ccccc4-n4c5ccccc5c5ccccc54)c3)cc2)c2cccc(-c3cccc4c3oc3ccccc34)c2)cc1. The standard InChI is InChI=1S/C60H40N2O/c1-2-17-42(18-3-1)48-23-4-9-30-55(48)61(47-22-15-21-45(40-47)50-28-16-29-54-53-27-8-13-34-59(53)63-60(50)54)46-37-35-41(36-38-46)43-19-14-20-44(39-43)49-24-5-10-31-56(49)62-57-32-11-6-25-51(57)52-26-7-12-33-58(52)62/h1-40H. The molecule has 63 heavy (non-hydrogen) atoms. The van der Waals surface area contributed by atoms with Crippen molar-refractivity contribution in [3.63, 3.8) is 0 Å². The Hall–Kier alpha value is -8.40. The maximum atomic E-state index is 6.52. The Morgan fingerprint density at radius 1 is 0.317 bits per heavy atom. The molecule has 12 rings (SSSR count). The highest BCUT2D eigenvalue weighted by atomic mass is 16.3. The molecule has 0 aliphatic heterocycles. The Balaban J connectivity index is 0.961. The van der Waals surface area contributed by atoms with E-state index in [1.54, 1.807) is 0 Å². The summed E-state index contributed by atoms with van der Waals surface area (Å²) in [5.74, 6) is 0. The summed E-state index contributed by atoms with van der Waals surface area (Å²) < 4.78 is 8.93. The molecule has 0 radical (unpaired) electrons. The lowest BCUT2D eigenvalue weighted by Crippen LogP contribution is -2.11. The maximum Gasteiger partial charge on any atom is 0.143 e. The minimum Gasteiger partial charge on any atom is -0.455 e. The van der Waals surface area contributed by atoms with Crippen molar-refractivity contribution in [1.82, 2.24) is 4.57 Å². The summed E-state index contributed by atoms with van der Waals surface area (Å²) in [4.78, 5) is 2.38. The van der Waals surface area contributed by atoms with Crippen molar-refractivity contribution in [1.29, 1.82) is 0 Å². The smallest absolute Gasteiger partial charge is 0.143 e. The largest absolute Gasteiger partial charge is 0.455 e. The highest BCUT2D eigenvalue weighted by Crippen LogP contribution is 2.44. The topological polar surface area (TPSA) is 21.3 Å². The minimum atomic E-state index is 0.896. The zero-order valence-corrected chi connectivity index (χ0v) is 34.4. The third kappa shape index (κ3) is 6.29. The number of nitrogens with zero attached hydrogens (tertiary/aromatic N) is 2. The Morgan fingerprint density at radius 2 is 0.873 bits per heavy atom. The predicted molar refractivity (Wildman–Crippen MR) is 264 cm³/mol. The van der Waals surface area contributed by atoms with Crippen LogP contribution in [0.1, 0.15) is 0 Å². The molecule has 0 aliphatic rings. The Bertz CT molecular complexity index is 3580. The molecule has 3 nitrogen and oxygen atoms in total. The highest BCUT2D eigenvalue weighted by molar-refractivity contribution is 6.11. The van der Waals surface area contributed by atoms with E-state index in [1.165, 1.54) is 32.9 Å². The molecule has 0 aliphatic carbocycles. The number of anilines is 3. The van der Waals surface area contributed by atoms with E-state index >= 15 is 0 Å². The van der Waals surface area contributed by atoms with E-state index in [1.807, 2.05) is 12.1 Å². The van der Waals surface area contributed by atoms with Gasteiger partial charge in [0.15, 0.2) is 0 Å². The Morgan fingerprint density at radius 3 is 1.67 bits per heavy atom. The van der Waals surface area contributed by atoms with E-state index in [9.17, 15) is 0 Å². The maximum absolute atomic E-state index is 6.52. The van der Waals surface area contributed by atoms with Gasteiger partial charge in [-0.15, -0.1) is 0 Å². The number of para-hydroxylation sites is 6. The Labute approximate surface area is 366 Å². The van der Waals surface area contributed by atoms with Gasteiger partial charge in [0.25, 0.3) is 0 Å². The van der Waals surface area contributed by atoms with Gasteiger partial charge in [0.1, 0.15) is 11.2 Å². The second kappa shape index (κ2) is 15.3. The van der Waals surface area contributed by atoms with E-state index in [2.05, 4.69) is 240 Å². The Kier molecular flexibility index (Phi) is 8.83. The summed E-state index contributed by atoms with van der Waals surface area (Å²) in [5.41, 5.74) is 17.7. The van der Waals surface area contributed by atoms with Crippen LogP contribution in [-0.4, -0.2) is 4.57 Å². The van der Waals surface area contributed by atoms with Crippen LogP contribution in [0.25, 0.3) is 93.9 Å². The first-order valence-corrected chi connectivity index (χ1v) is 21.5. The molecule has 0 spiro atoms. The molecule has 0 amide bonds. The zero-order valence-electron chi connectivity index (χ0n) is 34.4. The molecule has 2 aromatic heterocycles. The molecule has 0 unspecified atom stereocenters. The summed E-state index contributed by atoms with van der Waals surface area (Å²) in [5, 5.41) is 4.76. The molecule has 296 valence electrons. The summed E-state index contributed by atoms with van der Waals surface area (Å²) >= 11 is 0. The summed E-state index contributed by atoms with van der Waals surface area (Å²) in [7, 11) is 0. The normalized spacial score (nSPS) is 11.5. The lowest BCUT2D eigenvalue weighted by Gasteiger charge is -2.28. The fourth-order valence-electron chi connectivity index (χ4n) is 9.51. The average Bonchev–Trinajstić information content (AvgIpc) is 3.91. The predicted octanol–water partition coefficient (Wildman–Crippen LogP) is 16.8. The lowest BCUT2D eigenvalue weighted by molar-refractivity contribution is 0.670. The molecule has 0 N–H and O–H groups in total. The summed E-state index contributed by atoms with van der Waals surface area (Å²) in [6, 6.07) is 87.0. The van der Waals surface area contributed by atoms with Crippen LogP contribution in [0, 0.1) is 0 Å². The van der Waals surface area contributed by atoms with Crippen LogP contribution in [0.5, 0.6) is 0 Å². The summed E-state index contributed by atoms with van der Waals surface area (Å²) in [6.07, 6.45) is 0. The van der Waals surface area contributed by atoms with Gasteiger partial charge in [-0.25, -0.2) is 0 Å². The number of benzene rings is 10. The van der Waals surface area contributed by atoms with Crippen molar-refractivity contribution >= 4 is 60.8 Å². The fraction of sp³-hybridized carbons (Fsp3) is 0. The van der Waals surface area contributed by atoms with Crippen LogP contribution >= 0.6 is 0 Å². The molecule has 0 bridgehead atoms. The molecule has 0 saturated carbocycles. The van der Waals surface area contributed by atoms with E-state index < -0.39 is 0 Å².